The highest BCUT2D eigenvalue weighted by molar-refractivity contribution is 5.76. The largest absolute Gasteiger partial charge is 0.386 e. The number of aliphatic hydroxyl groups is 1. The van der Waals surface area contributed by atoms with Crippen LogP contribution in [-0.2, 0) is 16.6 Å². The van der Waals surface area contributed by atoms with E-state index in [9.17, 15) is 14.7 Å². The topological polar surface area (TPSA) is 139 Å². The van der Waals surface area contributed by atoms with Crippen molar-refractivity contribution in [2.45, 2.75) is 45.1 Å². The molecule has 0 aromatic carbocycles. The van der Waals surface area contributed by atoms with Crippen LogP contribution in [-0.4, -0.2) is 44.3 Å². The number of amides is 1. The Labute approximate surface area is 150 Å². The molecule has 0 saturated carbocycles. The van der Waals surface area contributed by atoms with Crippen LogP contribution < -0.4 is 21.2 Å². The van der Waals surface area contributed by atoms with Gasteiger partial charge in [0.2, 0.25) is 17.7 Å². The van der Waals surface area contributed by atoms with Crippen LogP contribution in [0.4, 0.5) is 5.95 Å². The van der Waals surface area contributed by atoms with E-state index in [0.29, 0.717) is 17.7 Å². The average Bonchev–Trinajstić information content (AvgIpc) is 3.04. The zero-order valence-electron chi connectivity index (χ0n) is 15.1. The Morgan fingerprint density at radius 3 is 3.00 bits per heavy atom. The predicted octanol–water partition coefficient (Wildman–Crippen LogP) is -1.06. The zero-order chi connectivity index (χ0) is 19.0. The summed E-state index contributed by atoms with van der Waals surface area (Å²) in [6.07, 6.45) is 0.639. The Morgan fingerprint density at radius 2 is 2.31 bits per heavy atom. The summed E-state index contributed by atoms with van der Waals surface area (Å²) in [7, 11) is 1.70. The second-order valence-corrected chi connectivity index (χ2v) is 6.70. The van der Waals surface area contributed by atoms with Gasteiger partial charge >= 0.3 is 5.65 Å². The molecule has 0 aliphatic carbocycles. The fourth-order valence-electron chi connectivity index (χ4n) is 3.41. The van der Waals surface area contributed by atoms with Gasteiger partial charge in [-0.05, 0) is 13.3 Å². The molecule has 5 N–H and O–H groups in total. The molecule has 0 bridgehead atoms. The van der Waals surface area contributed by atoms with Crippen molar-refractivity contribution in [3.05, 3.63) is 16.7 Å². The van der Waals surface area contributed by atoms with Crippen LogP contribution in [0.2, 0.25) is 0 Å². The maximum absolute atomic E-state index is 12.1. The van der Waals surface area contributed by atoms with E-state index in [0.717, 1.165) is 6.42 Å². The van der Waals surface area contributed by atoms with Gasteiger partial charge in [-0.3, -0.25) is 19.1 Å². The molecule has 1 amide bonds. The molecule has 1 saturated heterocycles. The number of H-pyrrole nitrogens is 1. The molecule has 3 rings (SSSR count). The lowest BCUT2D eigenvalue weighted by Crippen LogP contribution is -2.45. The summed E-state index contributed by atoms with van der Waals surface area (Å²) in [6.45, 7) is 4.40. The average molecular weight is 365 g/mol. The highest BCUT2D eigenvalue weighted by Crippen LogP contribution is 2.33. The first-order valence-corrected chi connectivity index (χ1v) is 8.69. The van der Waals surface area contributed by atoms with Crippen molar-refractivity contribution in [3.63, 3.8) is 0 Å². The summed E-state index contributed by atoms with van der Waals surface area (Å²) < 4.78 is 9.09. The van der Waals surface area contributed by atoms with Crippen molar-refractivity contribution in [3.8, 4) is 0 Å². The minimum absolute atomic E-state index is 0.0153. The van der Waals surface area contributed by atoms with Gasteiger partial charge in [-0.25, -0.2) is 4.57 Å². The van der Waals surface area contributed by atoms with Gasteiger partial charge in [0.15, 0.2) is 6.33 Å². The van der Waals surface area contributed by atoms with Gasteiger partial charge in [0.05, 0.1) is 13.2 Å². The smallest absolute Gasteiger partial charge is 0.313 e. The van der Waals surface area contributed by atoms with Gasteiger partial charge in [-0.2, -0.15) is 0 Å². The van der Waals surface area contributed by atoms with Crippen LogP contribution >= 0.6 is 0 Å². The van der Waals surface area contributed by atoms with Crippen molar-refractivity contribution in [2.75, 3.05) is 12.3 Å². The van der Waals surface area contributed by atoms with Crippen molar-refractivity contribution in [1.29, 1.82) is 0 Å². The quantitative estimate of drug-likeness (QED) is 0.498. The lowest BCUT2D eigenvalue weighted by Gasteiger charge is -2.16. The van der Waals surface area contributed by atoms with Gasteiger partial charge in [0.25, 0.3) is 11.5 Å². The van der Waals surface area contributed by atoms with E-state index in [-0.39, 0.29) is 35.9 Å². The van der Waals surface area contributed by atoms with Gasteiger partial charge < -0.3 is 20.9 Å². The second-order valence-electron chi connectivity index (χ2n) is 6.70. The Bertz CT molecular complexity index is 875. The van der Waals surface area contributed by atoms with E-state index in [4.69, 9.17) is 10.5 Å². The van der Waals surface area contributed by atoms with E-state index in [1.165, 1.54) is 0 Å². The number of rotatable bonds is 5. The first-order chi connectivity index (χ1) is 12.3. The van der Waals surface area contributed by atoms with Crippen molar-refractivity contribution < 1.29 is 19.2 Å². The number of carbonyl (C=O) groups excluding carboxylic acids is 1. The minimum Gasteiger partial charge on any atom is -0.386 e. The summed E-state index contributed by atoms with van der Waals surface area (Å²) in [6, 6.07) is 0. The third-order valence-electron chi connectivity index (χ3n) is 4.74. The van der Waals surface area contributed by atoms with E-state index in [2.05, 4.69) is 15.3 Å². The number of nitrogens with one attached hydrogen (secondary N) is 2. The van der Waals surface area contributed by atoms with Crippen LogP contribution in [0.15, 0.2) is 11.1 Å². The number of aryl methyl sites for hydroxylation is 1. The van der Waals surface area contributed by atoms with Crippen LogP contribution in [0.5, 0.6) is 0 Å². The number of hydrogen-bond acceptors (Lipinski definition) is 6. The Kier molecular flexibility index (Phi) is 4.97. The SMILES string of the molecule is CCCNC(=O)C[C@@H]1[C@@H](C)OC([n+]2cn(C)c3c(=O)[nH]c(N)nc32)[C@@H]1O. The third-order valence-corrected chi connectivity index (χ3v) is 4.74. The van der Waals surface area contributed by atoms with Gasteiger partial charge in [0.1, 0.15) is 6.10 Å². The van der Waals surface area contributed by atoms with Crippen LogP contribution in [0.25, 0.3) is 11.2 Å². The maximum atomic E-state index is 12.1. The third kappa shape index (κ3) is 3.17. The number of ether oxygens (including phenoxy) is 1. The van der Waals surface area contributed by atoms with Gasteiger partial charge in [-0.1, -0.05) is 11.9 Å². The highest BCUT2D eigenvalue weighted by Gasteiger charge is 2.46. The molecule has 26 heavy (non-hydrogen) atoms. The van der Waals surface area contributed by atoms with Crippen LogP contribution in [0.1, 0.15) is 32.9 Å². The normalized spacial score (nSPS) is 25.7. The van der Waals surface area contributed by atoms with Gasteiger partial charge in [-0.15, -0.1) is 0 Å². The van der Waals surface area contributed by atoms with Crippen molar-refractivity contribution in [2.24, 2.45) is 13.0 Å². The van der Waals surface area contributed by atoms with Crippen molar-refractivity contribution in [1.82, 2.24) is 19.9 Å². The van der Waals surface area contributed by atoms with E-state index in [1.807, 2.05) is 13.8 Å². The number of nitrogens with zero attached hydrogens (tertiary/aromatic N) is 3. The second kappa shape index (κ2) is 7.04. The molecule has 1 fully saturated rings. The molecule has 3 heterocycles. The molecule has 2 aromatic heterocycles. The molecule has 10 nitrogen and oxygen atoms in total. The Balaban J connectivity index is 1.90. The summed E-state index contributed by atoms with van der Waals surface area (Å²) in [4.78, 5) is 30.8. The maximum Gasteiger partial charge on any atom is 0.313 e. The lowest BCUT2D eigenvalue weighted by molar-refractivity contribution is -0.745. The molecule has 10 heteroatoms. The number of fused-ring (bicyclic) bond motifs is 1. The molecule has 4 atom stereocenters. The molecular formula is C16H25N6O4+. The monoisotopic (exact) mass is 365 g/mol. The number of hydrogen-bond donors (Lipinski definition) is 4. The first-order valence-electron chi connectivity index (χ1n) is 8.69. The highest BCUT2D eigenvalue weighted by atomic mass is 16.5. The van der Waals surface area contributed by atoms with Crippen molar-refractivity contribution >= 4 is 23.0 Å². The molecule has 1 unspecified atom stereocenters. The number of aromatic amines is 1. The van der Waals surface area contributed by atoms with E-state index < -0.39 is 12.3 Å². The van der Waals surface area contributed by atoms with Crippen LogP contribution in [0.3, 0.4) is 0 Å². The van der Waals surface area contributed by atoms with E-state index in [1.54, 1.807) is 22.5 Å². The molecule has 1 aliphatic rings. The predicted molar refractivity (Wildman–Crippen MR) is 92.9 cm³/mol. The molecule has 2 aromatic rings. The minimum atomic E-state index is -0.921. The Hall–Kier alpha value is -2.46. The van der Waals surface area contributed by atoms with E-state index >= 15 is 0 Å². The number of aliphatic hydroxyl groups excluding tert-OH is 1. The van der Waals surface area contributed by atoms with Crippen LogP contribution in [0, 0.1) is 5.92 Å². The lowest BCUT2D eigenvalue weighted by atomic mass is 9.94. The molecular weight excluding hydrogens is 340 g/mol. The molecule has 0 radical (unpaired) electrons. The zero-order valence-corrected chi connectivity index (χ0v) is 15.1. The molecule has 142 valence electrons. The fraction of sp³-hybridized carbons (Fsp3) is 0.625. The number of carbonyl (C=O) groups is 1. The fourth-order valence-corrected chi connectivity index (χ4v) is 3.41. The van der Waals surface area contributed by atoms with Gasteiger partial charge in [0, 0.05) is 18.9 Å². The summed E-state index contributed by atoms with van der Waals surface area (Å²) in [5.41, 5.74) is 5.93. The standard InChI is InChI=1S/C16H24N6O4/c1-4-5-18-10(23)6-9-8(2)26-15(12(9)24)22-7-21(3)11-13(22)19-16(17)20-14(11)25/h7-9,12,15,24H,4-6H2,1-3H3,(H3-,17,18,19,20,23,25)/p+1/t8-,9-,12-,15?/m1/s1. The summed E-state index contributed by atoms with van der Waals surface area (Å²) in [5.74, 6) is -0.494. The summed E-state index contributed by atoms with van der Waals surface area (Å²) >= 11 is 0. The number of imidazole rings is 1. The number of anilines is 1. The first kappa shape index (κ1) is 18.3. The summed E-state index contributed by atoms with van der Waals surface area (Å²) in [5, 5.41) is 13.6. The number of aromatic nitrogens is 4. The number of nitrogens with two attached hydrogens (primary N) is 1. The Morgan fingerprint density at radius 1 is 1.58 bits per heavy atom. The number of nitrogen functional groups attached to an aromatic ring is 1. The molecule has 1 aliphatic heterocycles. The molecule has 0 spiro atoms.